The summed E-state index contributed by atoms with van der Waals surface area (Å²) in [6, 6.07) is 7.75. The number of aliphatic hydroxyl groups is 1. The van der Waals surface area contributed by atoms with Crippen LogP contribution in [0.15, 0.2) is 41.1 Å². The summed E-state index contributed by atoms with van der Waals surface area (Å²) >= 11 is 1.52. The summed E-state index contributed by atoms with van der Waals surface area (Å²) in [6.45, 7) is 0.378. The number of benzene rings is 1. The summed E-state index contributed by atoms with van der Waals surface area (Å²) in [5.74, 6) is -0.175. The number of hydrogen-bond acceptors (Lipinski definition) is 5. The molecule has 0 fully saturated rings. The summed E-state index contributed by atoms with van der Waals surface area (Å²) in [4.78, 5) is 21.8. The molecule has 0 spiro atoms. The van der Waals surface area contributed by atoms with E-state index in [0.29, 0.717) is 18.5 Å². The lowest BCUT2D eigenvalue weighted by atomic mass is 10.1. The van der Waals surface area contributed by atoms with Crippen LogP contribution < -0.4 is 5.32 Å². The van der Waals surface area contributed by atoms with Crippen molar-refractivity contribution in [2.45, 2.75) is 18.9 Å². The van der Waals surface area contributed by atoms with E-state index in [9.17, 15) is 20.0 Å². The fourth-order valence-corrected chi connectivity index (χ4v) is 2.67. The fourth-order valence-electron chi connectivity index (χ4n) is 1.96. The number of hydrogen-bond donors (Lipinski definition) is 2. The van der Waals surface area contributed by atoms with Gasteiger partial charge in [0.15, 0.2) is 0 Å². The molecule has 0 saturated heterocycles. The van der Waals surface area contributed by atoms with E-state index in [0.717, 1.165) is 5.56 Å². The average Bonchev–Trinajstić information content (AvgIpc) is 3.02. The van der Waals surface area contributed by atoms with Crippen molar-refractivity contribution < 1.29 is 14.8 Å². The van der Waals surface area contributed by atoms with Gasteiger partial charge in [-0.2, -0.15) is 11.3 Å². The van der Waals surface area contributed by atoms with E-state index < -0.39 is 11.0 Å². The molecule has 0 aliphatic rings. The highest BCUT2D eigenvalue weighted by molar-refractivity contribution is 7.07. The smallest absolute Gasteiger partial charge is 0.269 e. The van der Waals surface area contributed by atoms with Gasteiger partial charge >= 0.3 is 0 Å². The monoisotopic (exact) mass is 320 g/mol. The van der Waals surface area contributed by atoms with Crippen LogP contribution in [0.4, 0.5) is 5.69 Å². The van der Waals surface area contributed by atoms with Crippen molar-refractivity contribution in [3.05, 3.63) is 62.3 Å². The maximum absolute atomic E-state index is 11.8. The second kappa shape index (κ2) is 7.67. The molecule has 7 heteroatoms. The van der Waals surface area contributed by atoms with Crippen molar-refractivity contribution in [2.75, 3.05) is 6.54 Å². The molecule has 22 heavy (non-hydrogen) atoms. The second-order valence-corrected chi connectivity index (χ2v) is 5.59. The topological polar surface area (TPSA) is 92.5 Å². The van der Waals surface area contributed by atoms with E-state index in [1.165, 1.54) is 23.5 Å². The minimum absolute atomic E-state index is 0.00282. The normalized spacial score (nSPS) is 11.9. The van der Waals surface area contributed by atoms with Crippen molar-refractivity contribution in [2.24, 2.45) is 0 Å². The number of carbonyl (C=O) groups is 1. The Bertz CT molecular complexity index is 626. The number of rotatable bonds is 7. The molecule has 1 aromatic heterocycles. The molecule has 1 amide bonds. The molecule has 2 aromatic rings. The Kier molecular flexibility index (Phi) is 5.62. The number of non-ortho nitro benzene ring substituents is 1. The molecule has 6 nitrogen and oxygen atoms in total. The van der Waals surface area contributed by atoms with Crippen LogP contribution in [0.2, 0.25) is 0 Å². The zero-order valence-electron chi connectivity index (χ0n) is 11.8. The first-order chi connectivity index (χ1) is 10.6. The summed E-state index contributed by atoms with van der Waals surface area (Å²) in [7, 11) is 0. The Hall–Kier alpha value is -2.25. The molecular formula is C15H16N2O4S. The number of amides is 1. The van der Waals surface area contributed by atoms with Crippen LogP contribution in [-0.2, 0) is 11.2 Å². The van der Waals surface area contributed by atoms with Gasteiger partial charge in [0.05, 0.1) is 17.4 Å². The number of aliphatic hydroxyl groups excluding tert-OH is 1. The lowest BCUT2D eigenvalue weighted by Crippen LogP contribution is -2.27. The summed E-state index contributed by atoms with van der Waals surface area (Å²) in [6.07, 6.45) is 0.0286. The molecule has 0 radical (unpaired) electrons. The van der Waals surface area contributed by atoms with Gasteiger partial charge in [-0.3, -0.25) is 14.9 Å². The molecule has 0 bridgehead atoms. The first-order valence-corrected chi connectivity index (χ1v) is 7.70. The van der Waals surface area contributed by atoms with E-state index in [4.69, 9.17) is 0 Å². The van der Waals surface area contributed by atoms with Gasteiger partial charge < -0.3 is 10.4 Å². The minimum atomic E-state index is -0.578. The van der Waals surface area contributed by atoms with Crippen molar-refractivity contribution in [1.82, 2.24) is 5.32 Å². The van der Waals surface area contributed by atoms with Gasteiger partial charge in [-0.25, -0.2) is 0 Å². The lowest BCUT2D eigenvalue weighted by Gasteiger charge is -2.10. The van der Waals surface area contributed by atoms with Gasteiger partial charge in [0.25, 0.3) is 5.69 Å². The number of carbonyl (C=O) groups excluding carboxylic acids is 1. The maximum Gasteiger partial charge on any atom is 0.269 e. The summed E-state index contributed by atoms with van der Waals surface area (Å²) in [5, 5.41) is 26.9. The predicted molar refractivity (Wildman–Crippen MR) is 83.7 cm³/mol. The van der Waals surface area contributed by atoms with E-state index in [1.807, 2.05) is 16.8 Å². The predicted octanol–water partition coefficient (Wildman–Crippen LogP) is 2.44. The maximum atomic E-state index is 11.8. The third kappa shape index (κ3) is 4.64. The SMILES string of the molecule is O=C(Cc1ccc([N+](=O)[O-])cc1)NCCC(O)c1ccsc1. The highest BCUT2D eigenvalue weighted by Gasteiger charge is 2.10. The van der Waals surface area contributed by atoms with Crippen molar-refractivity contribution in [3.63, 3.8) is 0 Å². The van der Waals surface area contributed by atoms with Crippen LogP contribution in [0.5, 0.6) is 0 Å². The van der Waals surface area contributed by atoms with Gasteiger partial charge in [-0.15, -0.1) is 0 Å². The highest BCUT2D eigenvalue weighted by Crippen LogP contribution is 2.18. The third-order valence-corrected chi connectivity index (χ3v) is 3.88. The zero-order chi connectivity index (χ0) is 15.9. The fraction of sp³-hybridized carbons (Fsp3) is 0.267. The number of thiophene rings is 1. The lowest BCUT2D eigenvalue weighted by molar-refractivity contribution is -0.384. The Balaban J connectivity index is 1.74. The molecule has 1 heterocycles. The minimum Gasteiger partial charge on any atom is -0.388 e. The Morgan fingerprint density at radius 3 is 2.64 bits per heavy atom. The van der Waals surface area contributed by atoms with Crippen LogP contribution in [0.3, 0.4) is 0 Å². The first kappa shape index (κ1) is 16.1. The van der Waals surface area contributed by atoms with E-state index in [1.54, 1.807) is 12.1 Å². The summed E-state index contributed by atoms with van der Waals surface area (Å²) in [5.41, 5.74) is 1.57. The van der Waals surface area contributed by atoms with E-state index in [2.05, 4.69) is 5.32 Å². The zero-order valence-corrected chi connectivity index (χ0v) is 12.6. The molecule has 1 atom stereocenters. The molecule has 0 saturated carbocycles. The molecule has 2 rings (SSSR count). The van der Waals surface area contributed by atoms with Crippen LogP contribution in [-0.4, -0.2) is 22.5 Å². The van der Waals surface area contributed by atoms with Crippen LogP contribution in [0.1, 0.15) is 23.7 Å². The molecule has 116 valence electrons. The second-order valence-electron chi connectivity index (χ2n) is 4.81. The standard InChI is InChI=1S/C15H16N2O4S/c18-14(12-6-8-22-10-12)5-7-16-15(19)9-11-1-3-13(4-2-11)17(20)21/h1-4,6,8,10,14,18H,5,7,9H2,(H,16,19). The van der Waals surface area contributed by atoms with E-state index >= 15 is 0 Å². The highest BCUT2D eigenvalue weighted by atomic mass is 32.1. The average molecular weight is 320 g/mol. The Morgan fingerprint density at radius 2 is 2.05 bits per heavy atom. The van der Waals surface area contributed by atoms with Crippen molar-refractivity contribution >= 4 is 22.9 Å². The van der Waals surface area contributed by atoms with Crippen molar-refractivity contribution in [3.8, 4) is 0 Å². The molecule has 1 unspecified atom stereocenters. The molecule has 2 N–H and O–H groups in total. The number of nitrogens with one attached hydrogen (secondary N) is 1. The van der Waals surface area contributed by atoms with Gasteiger partial charge in [-0.05, 0) is 34.4 Å². The Morgan fingerprint density at radius 1 is 1.32 bits per heavy atom. The molecule has 0 aliphatic carbocycles. The van der Waals surface area contributed by atoms with Gasteiger partial charge in [-0.1, -0.05) is 12.1 Å². The first-order valence-electron chi connectivity index (χ1n) is 6.76. The molecular weight excluding hydrogens is 304 g/mol. The van der Waals surface area contributed by atoms with Crippen LogP contribution in [0.25, 0.3) is 0 Å². The molecule has 1 aromatic carbocycles. The Labute approximate surface area is 131 Å². The quantitative estimate of drug-likeness (QED) is 0.605. The van der Waals surface area contributed by atoms with Crippen molar-refractivity contribution in [1.29, 1.82) is 0 Å². The molecule has 0 aliphatic heterocycles. The number of nitro benzene ring substituents is 1. The van der Waals surface area contributed by atoms with Gasteiger partial charge in [0, 0.05) is 18.7 Å². The van der Waals surface area contributed by atoms with Crippen LogP contribution in [0, 0.1) is 10.1 Å². The summed E-state index contributed by atoms with van der Waals surface area (Å²) < 4.78 is 0. The number of nitro groups is 1. The third-order valence-electron chi connectivity index (χ3n) is 3.18. The van der Waals surface area contributed by atoms with E-state index in [-0.39, 0.29) is 18.0 Å². The number of nitrogens with zero attached hydrogens (tertiary/aromatic N) is 1. The van der Waals surface area contributed by atoms with Crippen LogP contribution >= 0.6 is 11.3 Å². The van der Waals surface area contributed by atoms with Gasteiger partial charge in [0.2, 0.25) is 5.91 Å². The van der Waals surface area contributed by atoms with Gasteiger partial charge in [0.1, 0.15) is 0 Å². The largest absolute Gasteiger partial charge is 0.388 e.